The zero-order valence-corrected chi connectivity index (χ0v) is 12.5. The van der Waals surface area contributed by atoms with Crippen LogP contribution in [0.15, 0.2) is 89.6 Å². The van der Waals surface area contributed by atoms with Crippen LogP contribution in [0, 0.1) is 0 Å². The fraction of sp³-hybridized carbons (Fsp3) is 0.150. The molecule has 2 rings (SSSR count). The Balaban J connectivity index is 2.30. The van der Waals surface area contributed by atoms with Crippen molar-refractivity contribution in [2.24, 2.45) is 4.99 Å². The van der Waals surface area contributed by atoms with Gasteiger partial charge in [0.1, 0.15) is 0 Å². The number of benzene rings is 1. The summed E-state index contributed by atoms with van der Waals surface area (Å²) in [4.78, 5) is 4.57. The van der Waals surface area contributed by atoms with Crippen LogP contribution in [-0.2, 0) is 0 Å². The molecule has 0 aromatic heterocycles. The van der Waals surface area contributed by atoms with Crippen molar-refractivity contribution in [1.82, 2.24) is 0 Å². The molecule has 0 bridgehead atoms. The van der Waals surface area contributed by atoms with E-state index in [9.17, 15) is 0 Å². The standard InChI is InChI=1S/C20H21N/c1-4-8-19(18-9-6-5-7-10-18)15-20-12-11-17(16(2)3)13-14-21-20/h4-11,14-15H,1-2,12-13H2,3H3/b19-8+,20-15+. The average molecular weight is 275 g/mol. The number of rotatable bonds is 4. The van der Waals surface area contributed by atoms with E-state index in [-0.39, 0.29) is 0 Å². The largest absolute Gasteiger partial charge is 0.265 e. The molecule has 1 aliphatic heterocycles. The highest BCUT2D eigenvalue weighted by molar-refractivity contribution is 5.76. The Labute approximate surface area is 127 Å². The minimum Gasteiger partial charge on any atom is -0.265 e. The Morgan fingerprint density at radius 1 is 1.19 bits per heavy atom. The molecule has 0 spiro atoms. The van der Waals surface area contributed by atoms with E-state index in [1.807, 2.05) is 43.5 Å². The van der Waals surface area contributed by atoms with Crippen LogP contribution in [0.2, 0.25) is 0 Å². The van der Waals surface area contributed by atoms with Gasteiger partial charge in [0.15, 0.2) is 0 Å². The van der Waals surface area contributed by atoms with E-state index >= 15 is 0 Å². The number of hydrogen-bond acceptors (Lipinski definition) is 1. The Morgan fingerprint density at radius 3 is 2.62 bits per heavy atom. The second kappa shape index (κ2) is 7.39. The van der Waals surface area contributed by atoms with E-state index in [1.54, 1.807) is 0 Å². The molecule has 0 unspecified atom stereocenters. The SMILES string of the molecule is C=C/C=C(\C=C1/CC=C(C(=C)C)CC=N1)c1ccccc1. The van der Waals surface area contributed by atoms with Crippen molar-refractivity contribution in [2.75, 3.05) is 0 Å². The lowest BCUT2D eigenvalue weighted by molar-refractivity contribution is 1.17. The minimum absolute atomic E-state index is 0.833. The molecule has 1 aromatic rings. The smallest absolute Gasteiger partial charge is 0.0443 e. The molecule has 0 radical (unpaired) electrons. The molecule has 0 atom stereocenters. The number of aliphatic imine (C=N–C) groups is 1. The third kappa shape index (κ3) is 4.28. The summed E-state index contributed by atoms with van der Waals surface area (Å²) < 4.78 is 0. The molecule has 0 amide bonds. The van der Waals surface area contributed by atoms with Gasteiger partial charge in [0.2, 0.25) is 0 Å². The maximum Gasteiger partial charge on any atom is 0.0443 e. The van der Waals surface area contributed by atoms with Gasteiger partial charge in [0, 0.05) is 24.8 Å². The molecule has 0 fully saturated rings. The predicted octanol–water partition coefficient (Wildman–Crippen LogP) is 5.51. The lowest BCUT2D eigenvalue weighted by atomic mass is 10.0. The fourth-order valence-corrected chi connectivity index (χ4v) is 2.23. The van der Waals surface area contributed by atoms with Gasteiger partial charge in [-0.25, -0.2) is 0 Å². The van der Waals surface area contributed by atoms with E-state index < -0.39 is 0 Å². The van der Waals surface area contributed by atoms with Crippen LogP contribution < -0.4 is 0 Å². The Hall–Kier alpha value is -2.41. The van der Waals surface area contributed by atoms with Crippen LogP contribution in [0.1, 0.15) is 25.3 Å². The zero-order chi connectivity index (χ0) is 15.1. The first-order chi connectivity index (χ1) is 10.2. The minimum atomic E-state index is 0.833. The highest BCUT2D eigenvalue weighted by Crippen LogP contribution is 2.23. The first-order valence-electron chi connectivity index (χ1n) is 7.17. The molecule has 1 aliphatic rings. The van der Waals surface area contributed by atoms with Gasteiger partial charge in [-0.1, -0.05) is 67.3 Å². The molecule has 0 saturated carbocycles. The van der Waals surface area contributed by atoms with Gasteiger partial charge < -0.3 is 0 Å². The topological polar surface area (TPSA) is 12.4 Å². The summed E-state index contributed by atoms with van der Waals surface area (Å²) in [5.74, 6) is 0. The van der Waals surface area contributed by atoms with Gasteiger partial charge >= 0.3 is 0 Å². The summed E-state index contributed by atoms with van der Waals surface area (Å²) in [5, 5.41) is 0. The van der Waals surface area contributed by atoms with E-state index in [1.165, 1.54) is 11.1 Å². The number of hydrogen-bond donors (Lipinski definition) is 0. The fourth-order valence-electron chi connectivity index (χ4n) is 2.23. The number of nitrogens with zero attached hydrogens (tertiary/aromatic N) is 1. The lowest BCUT2D eigenvalue weighted by Crippen LogP contribution is -1.83. The van der Waals surface area contributed by atoms with Crippen LogP contribution in [0.4, 0.5) is 0 Å². The summed E-state index contributed by atoms with van der Waals surface area (Å²) in [6, 6.07) is 10.3. The van der Waals surface area contributed by atoms with Gasteiger partial charge in [0.25, 0.3) is 0 Å². The average Bonchev–Trinajstić information content (AvgIpc) is 2.73. The van der Waals surface area contributed by atoms with Gasteiger partial charge in [0.05, 0.1) is 0 Å². The van der Waals surface area contributed by atoms with Crippen molar-refractivity contribution >= 4 is 11.8 Å². The summed E-state index contributed by atoms with van der Waals surface area (Å²) in [5.41, 5.74) is 5.75. The molecule has 1 nitrogen and oxygen atoms in total. The summed E-state index contributed by atoms with van der Waals surface area (Å²) in [7, 11) is 0. The molecule has 1 heterocycles. The number of allylic oxidation sites excluding steroid dienone is 7. The Bertz CT molecular complexity index is 640. The zero-order valence-electron chi connectivity index (χ0n) is 12.5. The van der Waals surface area contributed by atoms with Crippen LogP contribution >= 0.6 is 0 Å². The third-order valence-electron chi connectivity index (χ3n) is 3.40. The van der Waals surface area contributed by atoms with Gasteiger partial charge in [-0.15, -0.1) is 0 Å². The van der Waals surface area contributed by atoms with Crippen molar-refractivity contribution in [1.29, 1.82) is 0 Å². The maximum atomic E-state index is 4.57. The highest BCUT2D eigenvalue weighted by atomic mass is 14.7. The van der Waals surface area contributed by atoms with Crippen molar-refractivity contribution in [2.45, 2.75) is 19.8 Å². The van der Waals surface area contributed by atoms with Crippen LogP contribution in [-0.4, -0.2) is 6.21 Å². The highest BCUT2D eigenvalue weighted by Gasteiger charge is 2.04. The second-order valence-corrected chi connectivity index (χ2v) is 5.09. The summed E-state index contributed by atoms with van der Waals surface area (Å²) in [6.07, 6.45) is 11.8. The van der Waals surface area contributed by atoms with Crippen molar-refractivity contribution in [3.05, 3.63) is 90.2 Å². The van der Waals surface area contributed by atoms with Crippen LogP contribution in [0.3, 0.4) is 0 Å². The Morgan fingerprint density at radius 2 is 1.95 bits per heavy atom. The molecular formula is C20H21N. The van der Waals surface area contributed by atoms with Crippen molar-refractivity contribution in [3.8, 4) is 0 Å². The van der Waals surface area contributed by atoms with Crippen molar-refractivity contribution in [3.63, 3.8) is 0 Å². The maximum absolute atomic E-state index is 4.57. The van der Waals surface area contributed by atoms with Crippen LogP contribution in [0.5, 0.6) is 0 Å². The molecule has 21 heavy (non-hydrogen) atoms. The molecule has 106 valence electrons. The van der Waals surface area contributed by atoms with Gasteiger partial charge in [-0.2, -0.15) is 0 Å². The third-order valence-corrected chi connectivity index (χ3v) is 3.40. The van der Waals surface area contributed by atoms with E-state index in [2.05, 4.69) is 42.4 Å². The predicted molar refractivity (Wildman–Crippen MR) is 93.3 cm³/mol. The lowest BCUT2D eigenvalue weighted by Gasteiger charge is -2.04. The Kier molecular flexibility index (Phi) is 5.28. The first-order valence-corrected chi connectivity index (χ1v) is 7.17. The van der Waals surface area contributed by atoms with E-state index in [4.69, 9.17) is 0 Å². The molecule has 0 saturated heterocycles. The van der Waals surface area contributed by atoms with Gasteiger partial charge in [-0.3, -0.25) is 4.99 Å². The molecule has 0 N–H and O–H groups in total. The first kappa shape index (κ1) is 15.0. The van der Waals surface area contributed by atoms with Crippen molar-refractivity contribution < 1.29 is 0 Å². The molecular weight excluding hydrogens is 254 g/mol. The van der Waals surface area contributed by atoms with Gasteiger partial charge in [-0.05, 0) is 29.7 Å². The molecule has 1 aromatic carbocycles. The molecule has 0 aliphatic carbocycles. The van der Waals surface area contributed by atoms with E-state index in [0.717, 1.165) is 29.7 Å². The van der Waals surface area contributed by atoms with Crippen LogP contribution in [0.25, 0.3) is 5.57 Å². The molecule has 1 heteroatoms. The normalized spacial score (nSPS) is 17.3. The summed E-state index contributed by atoms with van der Waals surface area (Å²) in [6.45, 7) is 9.86. The second-order valence-electron chi connectivity index (χ2n) is 5.09. The van der Waals surface area contributed by atoms with E-state index in [0.29, 0.717) is 0 Å². The summed E-state index contributed by atoms with van der Waals surface area (Å²) >= 11 is 0. The monoisotopic (exact) mass is 275 g/mol. The quantitative estimate of drug-likeness (QED) is 0.643.